The number of hydrogen-bond acceptors (Lipinski definition) is 2. The lowest BCUT2D eigenvalue weighted by molar-refractivity contribution is 0.408. The van der Waals surface area contributed by atoms with E-state index in [0.717, 1.165) is 30.2 Å². The van der Waals surface area contributed by atoms with Gasteiger partial charge in [-0.3, -0.25) is 0 Å². The first-order valence-electron chi connectivity index (χ1n) is 7.29. The summed E-state index contributed by atoms with van der Waals surface area (Å²) in [5, 5.41) is 4.34. The molecule has 0 fully saturated rings. The Morgan fingerprint density at radius 2 is 1.81 bits per heavy atom. The van der Waals surface area contributed by atoms with E-state index in [1.54, 1.807) is 7.11 Å². The minimum Gasteiger partial charge on any atom is -0.496 e. The Kier molecular flexibility index (Phi) is 6.09. The van der Waals surface area contributed by atoms with E-state index in [9.17, 15) is 0 Å². The highest BCUT2D eigenvalue weighted by Crippen LogP contribution is 2.17. The van der Waals surface area contributed by atoms with Gasteiger partial charge in [0.1, 0.15) is 5.75 Å². The minimum absolute atomic E-state index is 0.431. The van der Waals surface area contributed by atoms with Crippen LogP contribution >= 0.6 is 11.6 Å². The smallest absolute Gasteiger partial charge is 0.122 e. The predicted octanol–water partition coefficient (Wildman–Crippen LogP) is 4.11. The molecule has 1 N–H and O–H groups in total. The number of nitrogens with one attached hydrogen (secondary N) is 1. The largest absolute Gasteiger partial charge is 0.496 e. The van der Waals surface area contributed by atoms with Gasteiger partial charge in [0.15, 0.2) is 0 Å². The van der Waals surface area contributed by atoms with E-state index < -0.39 is 0 Å². The first kappa shape index (κ1) is 15.9. The molecule has 2 nitrogen and oxygen atoms in total. The summed E-state index contributed by atoms with van der Waals surface area (Å²) in [6.07, 6.45) is 1.97. The van der Waals surface area contributed by atoms with E-state index in [2.05, 4.69) is 36.5 Å². The number of methoxy groups -OCH3 is 1. The van der Waals surface area contributed by atoms with Crippen LogP contribution in [-0.2, 0) is 12.8 Å². The maximum Gasteiger partial charge on any atom is 0.122 e. The Morgan fingerprint density at radius 1 is 1.10 bits per heavy atom. The van der Waals surface area contributed by atoms with Crippen LogP contribution in [0.15, 0.2) is 48.5 Å². The quantitative estimate of drug-likeness (QED) is 0.831. The van der Waals surface area contributed by atoms with Crippen LogP contribution in [-0.4, -0.2) is 19.7 Å². The molecule has 0 aliphatic carbocycles. The topological polar surface area (TPSA) is 21.3 Å². The predicted molar refractivity (Wildman–Crippen MR) is 89.3 cm³/mol. The Balaban J connectivity index is 1.79. The molecule has 0 bridgehead atoms. The number of rotatable bonds is 7. The third-order valence-electron chi connectivity index (χ3n) is 3.53. The molecule has 0 radical (unpaired) electrons. The van der Waals surface area contributed by atoms with Gasteiger partial charge < -0.3 is 10.1 Å². The van der Waals surface area contributed by atoms with Gasteiger partial charge in [-0.15, -0.1) is 0 Å². The van der Waals surface area contributed by atoms with Gasteiger partial charge in [0.25, 0.3) is 0 Å². The van der Waals surface area contributed by atoms with Gasteiger partial charge in [0, 0.05) is 11.1 Å². The van der Waals surface area contributed by atoms with Crippen LogP contribution in [0.1, 0.15) is 18.1 Å². The van der Waals surface area contributed by atoms with E-state index in [1.807, 2.05) is 24.3 Å². The Labute approximate surface area is 132 Å². The molecule has 0 amide bonds. The second-order valence-electron chi connectivity index (χ2n) is 5.25. The molecule has 112 valence electrons. The van der Waals surface area contributed by atoms with Gasteiger partial charge in [-0.2, -0.15) is 0 Å². The molecule has 0 aliphatic rings. The molecule has 1 atom stereocenters. The van der Waals surface area contributed by atoms with Crippen molar-refractivity contribution in [2.24, 2.45) is 0 Å². The van der Waals surface area contributed by atoms with E-state index in [0.29, 0.717) is 6.04 Å². The molecule has 2 aromatic carbocycles. The van der Waals surface area contributed by atoms with Gasteiger partial charge >= 0.3 is 0 Å². The fourth-order valence-corrected chi connectivity index (χ4v) is 2.53. The second kappa shape index (κ2) is 8.06. The molecular weight excluding hydrogens is 282 g/mol. The van der Waals surface area contributed by atoms with Crippen molar-refractivity contribution in [2.75, 3.05) is 13.7 Å². The number of hydrogen-bond donors (Lipinski definition) is 1. The summed E-state index contributed by atoms with van der Waals surface area (Å²) in [4.78, 5) is 0. The Bertz CT molecular complexity index is 553. The zero-order valence-electron chi connectivity index (χ0n) is 12.6. The van der Waals surface area contributed by atoms with Gasteiger partial charge in [-0.05, 0) is 55.6 Å². The van der Waals surface area contributed by atoms with Crippen LogP contribution in [0.2, 0.25) is 5.02 Å². The number of ether oxygens (including phenoxy) is 1. The molecule has 0 spiro atoms. The van der Waals surface area contributed by atoms with Crippen molar-refractivity contribution < 1.29 is 4.74 Å². The molecule has 0 saturated carbocycles. The van der Waals surface area contributed by atoms with E-state index in [4.69, 9.17) is 16.3 Å². The van der Waals surface area contributed by atoms with Crippen molar-refractivity contribution in [3.8, 4) is 5.75 Å². The zero-order chi connectivity index (χ0) is 15.1. The fourth-order valence-electron chi connectivity index (χ4n) is 2.41. The molecule has 2 rings (SSSR count). The average molecular weight is 304 g/mol. The second-order valence-corrected chi connectivity index (χ2v) is 5.68. The van der Waals surface area contributed by atoms with Crippen molar-refractivity contribution in [1.29, 1.82) is 0 Å². The Morgan fingerprint density at radius 3 is 2.52 bits per heavy atom. The SMILES string of the molecule is COc1ccccc1CCNC(C)Cc1ccc(Cl)cc1. The maximum atomic E-state index is 5.90. The third kappa shape index (κ3) is 5.07. The molecule has 0 aliphatic heterocycles. The van der Waals surface area contributed by atoms with E-state index >= 15 is 0 Å². The lowest BCUT2D eigenvalue weighted by atomic mass is 10.1. The van der Waals surface area contributed by atoms with E-state index in [-0.39, 0.29) is 0 Å². The first-order chi connectivity index (χ1) is 10.2. The normalized spacial score (nSPS) is 12.1. The van der Waals surface area contributed by atoms with Crippen LogP contribution in [0.4, 0.5) is 0 Å². The monoisotopic (exact) mass is 303 g/mol. The highest BCUT2D eigenvalue weighted by Gasteiger charge is 2.05. The van der Waals surface area contributed by atoms with Crippen molar-refractivity contribution in [3.05, 3.63) is 64.7 Å². The van der Waals surface area contributed by atoms with Crippen LogP contribution < -0.4 is 10.1 Å². The number of halogens is 1. The van der Waals surface area contributed by atoms with Crippen LogP contribution in [0.5, 0.6) is 5.75 Å². The van der Waals surface area contributed by atoms with Crippen molar-refractivity contribution in [2.45, 2.75) is 25.8 Å². The fraction of sp³-hybridized carbons (Fsp3) is 0.333. The molecule has 3 heteroatoms. The molecule has 0 aromatic heterocycles. The summed E-state index contributed by atoms with van der Waals surface area (Å²) in [7, 11) is 1.72. The van der Waals surface area contributed by atoms with Gasteiger partial charge in [0.05, 0.1) is 7.11 Å². The van der Waals surface area contributed by atoms with Crippen LogP contribution in [0.3, 0.4) is 0 Å². The van der Waals surface area contributed by atoms with E-state index in [1.165, 1.54) is 11.1 Å². The van der Waals surface area contributed by atoms with Crippen molar-refractivity contribution >= 4 is 11.6 Å². The third-order valence-corrected chi connectivity index (χ3v) is 3.79. The lowest BCUT2D eigenvalue weighted by Crippen LogP contribution is -2.30. The van der Waals surface area contributed by atoms with Crippen molar-refractivity contribution in [1.82, 2.24) is 5.32 Å². The van der Waals surface area contributed by atoms with Gasteiger partial charge in [-0.1, -0.05) is 41.9 Å². The molecule has 1 unspecified atom stereocenters. The zero-order valence-corrected chi connectivity index (χ0v) is 13.4. The summed E-state index contributed by atoms with van der Waals surface area (Å²) in [5.74, 6) is 0.963. The first-order valence-corrected chi connectivity index (χ1v) is 7.66. The highest BCUT2D eigenvalue weighted by molar-refractivity contribution is 6.30. The lowest BCUT2D eigenvalue weighted by Gasteiger charge is -2.15. The molecule has 0 saturated heterocycles. The van der Waals surface area contributed by atoms with Crippen molar-refractivity contribution in [3.63, 3.8) is 0 Å². The average Bonchev–Trinajstić information content (AvgIpc) is 2.50. The Hall–Kier alpha value is -1.51. The molecule has 2 aromatic rings. The summed E-state index contributed by atoms with van der Waals surface area (Å²) < 4.78 is 5.37. The van der Waals surface area contributed by atoms with Gasteiger partial charge in [0.2, 0.25) is 0 Å². The van der Waals surface area contributed by atoms with Gasteiger partial charge in [-0.25, -0.2) is 0 Å². The summed E-state index contributed by atoms with van der Waals surface area (Å²) in [6, 6.07) is 16.7. The number of para-hydroxylation sites is 1. The molecule has 0 heterocycles. The molecular formula is C18H22ClNO. The maximum absolute atomic E-state index is 5.90. The minimum atomic E-state index is 0.431. The van der Waals surface area contributed by atoms with Crippen LogP contribution in [0, 0.1) is 0 Å². The number of benzene rings is 2. The highest BCUT2D eigenvalue weighted by atomic mass is 35.5. The van der Waals surface area contributed by atoms with Crippen LogP contribution in [0.25, 0.3) is 0 Å². The standard InChI is InChI=1S/C18H22ClNO/c1-14(13-15-7-9-17(19)10-8-15)20-12-11-16-5-3-4-6-18(16)21-2/h3-10,14,20H,11-13H2,1-2H3. The molecule has 21 heavy (non-hydrogen) atoms. The summed E-state index contributed by atoms with van der Waals surface area (Å²) in [6.45, 7) is 3.14. The summed E-state index contributed by atoms with van der Waals surface area (Å²) in [5.41, 5.74) is 2.54. The summed E-state index contributed by atoms with van der Waals surface area (Å²) >= 11 is 5.90.